The Kier molecular flexibility index (Phi) is 3.94. The van der Waals surface area contributed by atoms with Gasteiger partial charge in [-0.3, -0.25) is 9.48 Å². The molecule has 0 amide bonds. The molecule has 0 bridgehead atoms. The zero-order chi connectivity index (χ0) is 10.6. The number of hydrogen-bond donors (Lipinski definition) is 1. The van der Waals surface area contributed by atoms with E-state index < -0.39 is 5.97 Å². The highest BCUT2D eigenvalue weighted by molar-refractivity contribution is 7.99. The number of nitrogens with zero attached hydrogens (tertiary/aromatic N) is 3. The zero-order valence-electron chi connectivity index (χ0n) is 8.17. The van der Waals surface area contributed by atoms with Crippen LogP contribution in [-0.4, -0.2) is 31.1 Å². The highest BCUT2D eigenvalue weighted by atomic mass is 32.2. The Morgan fingerprint density at radius 1 is 1.79 bits per heavy atom. The first-order chi connectivity index (χ1) is 6.59. The van der Waals surface area contributed by atoms with Crippen LogP contribution in [0.5, 0.6) is 0 Å². The number of carboxylic acid groups (broad SMARTS) is 1. The Morgan fingerprint density at radius 3 is 3.00 bits per heavy atom. The zero-order valence-corrected chi connectivity index (χ0v) is 8.99. The van der Waals surface area contributed by atoms with Gasteiger partial charge < -0.3 is 5.11 Å². The summed E-state index contributed by atoms with van der Waals surface area (Å²) >= 11 is 1.57. The number of thioether (sulfide) groups is 1. The van der Waals surface area contributed by atoms with Gasteiger partial charge in [-0.05, 0) is 0 Å². The average Bonchev–Trinajstić information content (AvgIpc) is 2.46. The summed E-state index contributed by atoms with van der Waals surface area (Å²) in [6.45, 7) is 1.90. The van der Waals surface area contributed by atoms with E-state index in [1.165, 1.54) is 6.33 Å². The van der Waals surface area contributed by atoms with Crippen molar-refractivity contribution < 1.29 is 9.90 Å². The highest BCUT2D eigenvalue weighted by Crippen LogP contribution is 2.18. The van der Waals surface area contributed by atoms with Crippen molar-refractivity contribution in [3.63, 3.8) is 0 Å². The maximum Gasteiger partial charge on any atom is 0.304 e. The van der Waals surface area contributed by atoms with E-state index in [0.29, 0.717) is 5.75 Å². The van der Waals surface area contributed by atoms with Crippen LogP contribution in [0.25, 0.3) is 0 Å². The summed E-state index contributed by atoms with van der Waals surface area (Å²) in [5, 5.41) is 12.6. The van der Waals surface area contributed by atoms with E-state index >= 15 is 0 Å². The fraction of sp³-hybridized carbons (Fsp3) is 0.625. The molecule has 0 aliphatic heterocycles. The summed E-state index contributed by atoms with van der Waals surface area (Å²) in [6.07, 6.45) is 1.68. The van der Waals surface area contributed by atoms with Gasteiger partial charge in [0.25, 0.3) is 0 Å². The predicted molar refractivity (Wildman–Crippen MR) is 54.0 cm³/mol. The number of hydrogen-bond acceptors (Lipinski definition) is 4. The second-order valence-electron chi connectivity index (χ2n) is 3.02. The number of aryl methyl sites for hydroxylation is 1. The fourth-order valence-electron chi connectivity index (χ4n) is 0.972. The second kappa shape index (κ2) is 4.99. The van der Waals surface area contributed by atoms with E-state index in [2.05, 4.69) is 10.1 Å². The lowest BCUT2D eigenvalue weighted by Gasteiger charge is -2.07. The molecule has 1 aromatic heterocycles. The molecule has 1 heterocycles. The third kappa shape index (κ3) is 3.37. The topological polar surface area (TPSA) is 68.0 Å². The van der Waals surface area contributed by atoms with Crippen LogP contribution >= 0.6 is 11.8 Å². The van der Waals surface area contributed by atoms with Crippen molar-refractivity contribution in [1.82, 2.24) is 14.8 Å². The monoisotopic (exact) mass is 215 g/mol. The largest absolute Gasteiger partial charge is 0.481 e. The molecule has 0 saturated carbocycles. The Balaban J connectivity index is 2.34. The van der Waals surface area contributed by atoms with Gasteiger partial charge in [-0.1, -0.05) is 6.92 Å². The van der Waals surface area contributed by atoms with Crippen LogP contribution in [0.1, 0.15) is 19.2 Å². The fourth-order valence-corrected chi connectivity index (χ4v) is 1.93. The Morgan fingerprint density at radius 2 is 2.50 bits per heavy atom. The van der Waals surface area contributed by atoms with Crippen molar-refractivity contribution in [2.75, 3.05) is 0 Å². The van der Waals surface area contributed by atoms with E-state index in [1.807, 2.05) is 14.0 Å². The van der Waals surface area contributed by atoms with Gasteiger partial charge in [-0.2, -0.15) is 16.9 Å². The average molecular weight is 215 g/mol. The van der Waals surface area contributed by atoms with Crippen molar-refractivity contribution in [2.45, 2.75) is 24.3 Å². The lowest BCUT2D eigenvalue weighted by molar-refractivity contribution is -0.136. The van der Waals surface area contributed by atoms with Gasteiger partial charge in [0.1, 0.15) is 12.2 Å². The first-order valence-electron chi connectivity index (χ1n) is 4.26. The minimum absolute atomic E-state index is 0.101. The minimum Gasteiger partial charge on any atom is -0.481 e. The normalized spacial score (nSPS) is 12.7. The van der Waals surface area contributed by atoms with Crippen molar-refractivity contribution in [1.29, 1.82) is 0 Å². The minimum atomic E-state index is -0.761. The molecule has 0 spiro atoms. The maximum atomic E-state index is 10.4. The van der Waals surface area contributed by atoms with E-state index in [4.69, 9.17) is 5.11 Å². The lowest BCUT2D eigenvalue weighted by Crippen LogP contribution is -2.07. The van der Waals surface area contributed by atoms with Gasteiger partial charge in [0, 0.05) is 12.3 Å². The summed E-state index contributed by atoms with van der Waals surface area (Å²) in [5.74, 6) is 0.806. The quantitative estimate of drug-likeness (QED) is 0.790. The Bertz CT molecular complexity index is 313. The molecular formula is C8H13N3O2S. The molecule has 0 aliphatic carbocycles. The molecule has 1 unspecified atom stereocenters. The van der Waals surface area contributed by atoms with Crippen LogP contribution in [0.3, 0.4) is 0 Å². The van der Waals surface area contributed by atoms with Gasteiger partial charge in [0.15, 0.2) is 0 Å². The molecule has 0 aliphatic rings. The molecule has 6 heteroatoms. The number of carboxylic acids is 1. The van der Waals surface area contributed by atoms with Crippen LogP contribution in [0.4, 0.5) is 0 Å². The number of aromatic nitrogens is 3. The first kappa shape index (κ1) is 11.0. The van der Waals surface area contributed by atoms with E-state index in [9.17, 15) is 4.79 Å². The first-order valence-corrected chi connectivity index (χ1v) is 5.30. The molecule has 0 saturated heterocycles. The van der Waals surface area contributed by atoms with E-state index in [-0.39, 0.29) is 11.7 Å². The molecule has 14 heavy (non-hydrogen) atoms. The van der Waals surface area contributed by atoms with Crippen LogP contribution < -0.4 is 0 Å². The van der Waals surface area contributed by atoms with Crippen LogP contribution in [0.15, 0.2) is 6.33 Å². The molecule has 1 aromatic rings. The van der Waals surface area contributed by atoms with Gasteiger partial charge in [-0.15, -0.1) is 0 Å². The van der Waals surface area contributed by atoms with Crippen molar-refractivity contribution >= 4 is 17.7 Å². The molecule has 5 nitrogen and oxygen atoms in total. The van der Waals surface area contributed by atoms with Crippen LogP contribution in [0.2, 0.25) is 0 Å². The molecule has 1 N–H and O–H groups in total. The second-order valence-corrected chi connectivity index (χ2v) is 4.45. The van der Waals surface area contributed by atoms with Gasteiger partial charge in [0.05, 0.1) is 12.2 Å². The van der Waals surface area contributed by atoms with Gasteiger partial charge in [-0.25, -0.2) is 4.98 Å². The summed E-state index contributed by atoms with van der Waals surface area (Å²) in [5.41, 5.74) is 0. The standard InChI is InChI=1S/C8H13N3O2S/c1-6(3-8(12)13)14-4-7-9-5-10-11(7)2/h5-6H,3-4H2,1-2H3,(H,12,13). The predicted octanol–water partition coefficient (Wildman–Crippen LogP) is 0.911. The highest BCUT2D eigenvalue weighted by Gasteiger charge is 2.09. The molecule has 1 rings (SSSR count). The third-order valence-electron chi connectivity index (χ3n) is 1.76. The van der Waals surface area contributed by atoms with Gasteiger partial charge >= 0.3 is 5.97 Å². The lowest BCUT2D eigenvalue weighted by atomic mass is 10.3. The van der Waals surface area contributed by atoms with Crippen molar-refractivity contribution in [2.24, 2.45) is 7.05 Å². The molecule has 0 aromatic carbocycles. The summed E-state index contributed by atoms with van der Waals surface area (Å²) in [6, 6.07) is 0. The van der Waals surface area contributed by atoms with E-state index in [0.717, 1.165) is 5.82 Å². The number of aliphatic carboxylic acids is 1. The van der Waals surface area contributed by atoms with Crippen LogP contribution in [-0.2, 0) is 17.6 Å². The summed E-state index contributed by atoms with van der Waals surface area (Å²) in [7, 11) is 1.82. The Hall–Kier alpha value is -1.04. The Labute approximate surface area is 86.5 Å². The molecule has 78 valence electrons. The summed E-state index contributed by atoms with van der Waals surface area (Å²) in [4.78, 5) is 14.4. The number of rotatable bonds is 5. The molecule has 0 fully saturated rings. The molecular weight excluding hydrogens is 202 g/mol. The SMILES string of the molecule is CC(CC(=O)O)SCc1ncnn1C. The van der Waals surface area contributed by atoms with E-state index in [1.54, 1.807) is 16.4 Å². The third-order valence-corrected chi connectivity index (χ3v) is 2.92. The number of carbonyl (C=O) groups is 1. The maximum absolute atomic E-state index is 10.4. The van der Waals surface area contributed by atoms with Crippen molar-refractivity contribution in [3.8, 4) is 0 Å². The summed E-state index contributed by atoms with van der Waals surface area (Å²) < 4.78 is 1.69. The van der Waals surface area contributed by atoms with Crippen LogP contribution in [0, 0.1) is 0 Å². The smallest absolute Gasteiger partial charge is 0.304 e. The van der Waals surface area contributed by atoms with Gasteiger partial charge in [0.2, 0.25) is 0 Å². The van der Waals surface area contributed by atoms with Crippen molar-refractivity contribution in [3.05, 3.63) is 12.2 Å². The molecule has 0 radical (unpaired) electrons. The molecule has 1 atom stereocenters.